The minimum atomic E-state index is -0.238. The van der Waals surface area contributed by atoms with Gasteiger partial charge in [-0.15, -0.1) is 12.4 Å². The molecule has 0 radical (unpaired) electrons. The first kappa shape index (κ1) is 20.1. The number of fused-ring (bicyclic) bond motifs is 1. The number of hydrogen-bond acceptors (Lipinski definition) is 3. The van der Waals surface area contributed by atoms with Crippen LogP contribution in [0.3, 0.4) is 0 Å². The molecule has 0 atom stereocenters. The summed E-state index contributed by atoms with van der Waals surface area (Å²) in [7, 11) is 0. The van der Waals surface area contributed by atoms with Crippen molar-refractivity contribution in [2.75, 3.05) is 0 Å². The highest BCUT2D eigenvalue weighted by molar-refractivity contribution is 5.85. The van der Waals surface area contributed by atoms with Gasteiger partial charge in [0.25, 0.3) is 0 Å². The molecule has 152 valence electrons. The van der Waals surface area contributed by atoms with Crippen LogP contribution >= 0.6 is 12.4 Å². The maximum atomic E-state index is 11.8. The molecule has 0 saturated carbocycles. The lowest BCUT2D eigenvalue weighted by atomic mass is 10.0. The quantitative estimate of drug-likeness (QED) is 0.516. The fraction of sp³-hybridized carbons (Fsp3) is 0.167. The number of benzene rings is 3. The zero-order valence-electron chi connectivity index (χ0n) is 16.4. The van der Waals surface area contributed by atoms with Crippen molar-refractivity contribution < 1.29 is 0 Å². The molecule has 0 amide bonds. The van der Waals surface area contributed by atoms with E-state index in [4.69, 9.17) is 0 Å². The molecule has 1 heterocycles. The van der Waals surface area contributed by atoms with Crippen molar-refractivity contribution in [2.24, 2.45) is 0 Å². The standard InChI is InChI=1S/C24H22N4O.ClH/c29-24-27-26-16-28(24)23-7-3-6-21(14-23)18-10-8-17(9-11-18)15-25-22-12-19-4-1-2-5-20(19)13-22;/h1-11,14,16,22,25H,12-13,15H2,(H,27,29);1H. The summed E-state index contributed by atoms with van der Waals surface area (Å²) >= 11 is 0. The molecule has 4 aromatic rings. The SMILES string of the molecule is Cl.O=c1[nH]ncn1-c1cccc(-c2ccc(CNC3Cc4ccccc4C3)cc2)c1. The van der Waals surface area contributed by atoms with Crippen molar-refractivity contribution in [1.82, 2.24) is 20.1 Å². The Morgan fingerprint density at radius 3 is 2.33 bits per heavy atom. The minimum absolute atomic E-state index is 0. The van der Waals surface area contributed by atoms with Crippen molar-refractivity contribution >= 4 is 12.4 Å². The summed E-state index contributed by atoms with van der Waals surface area (Å²) in [5.74, 6) is 0. The maximum Gasteiger partial charge on any atom is 0.347 e. The third kappa shape index (κ3) is 4.08. The predicted octanol–water partition coefficient (Wildman–Crippen LogP) is 3.91. The van der Waals surface area contributed by atoms with Gasteiger partial charge in [0.2, 0.25) is 0 Å². The van der Waals surface area contributed by atoms with Crippen LogP contribution in [0, 0.1) is 0 Å². The molecule has 0 bridgehead atoms. The summed E-state index contributed by atoms with van der Waals surface area (Å²) in [5.41, 5.74) is 6.97. The molecular weight excluding hydrogens is 396 g/mol. The van der Waals surface area contributed by atoms with E-state index >= 15 is 0 Å². The molecule has 0 aliphatic heterocycles. The van der Waals surface area contributed by atoms with Crippen LogP contribution in [0.2, 0.25) is 0 Å². The second-order valence-corrected chi connectivity index (χ2v) is 7.53. The largest absolute Gasteiger partial charge is 0.347 e. The molecule has 2 N–H and O–H groups in total. The van der Waals surface area contributed by atoms with E-state index in [-0.39, 0.29) is 18.1 Å². The lowest BCUT2D eigenvalue weighted by molar-refractivity contribution is 0.533. The first-order valence-corrected chi connectivity index (χ1v) is 9.88. The van der Waals surface area contributed by atoms with Crippen LogP contribution in [0.5, 0.6) is 0 Å². The molecule has 3 aromatic carbocycles. The van der Waals surface area contributed by atoms with Crippen molar-refractivity contribution in [1.29, 1.82) is 0 Å². The Morgan fingerprint density at radius 1 is 0.933 bits per heavy atom. The van der Waals surface area contributed by atoms with E-state index in [1.807, 2.05) is 18.2 Å². The third-order valence-electron chi connectivity index (χ3n) is 5.61. The number of aromatic amines is 1. The van der Waals surface area contributed by atoms with Crippen LogP contribution in [0.4, 0.5) is 0 Å². The Morgan fingerprint density at radius 2 is 1.67 bits per heavy atom. The van der Waals surface area contributed by atoms with Crippen molar-refractivity contribution in [3.63, 3.8) is 0 Å². The van der Waals surface area contributed by atoms with Crippen molar-refractivity contribution in [3.05, 3.63) is 106 Å². The number of nitrogens with one attached hydrogen (secondary N) is 2. The number of H-pyrrole nitrogens is 1. The van der Waals surface area contributed by atoms with Gasteiger partial charge in [0.1, 0.15) is 6.33 Å². The second-order valence-electron chi connectivity index (χ2n) is 7.53. The molecule has 0 unspecified atom stereocenters. The molecule has 30 heavy (non-hydrogen) atoms. The molecule has 5 rings (SSSR count). The smallest absolute Gasteiger partial charge is 0.309 e. The topological polar surface area (TPSA) is 62.7 Å². The molecular formula is C24H23ClN4O. The van der Waals surface area contributed by atoms with Crippen LogP contribution < -0.4 is 11.0 Å². The molecule has 1 aromatic heterocycles. The first-order chi connectivity index (χ1) is 14.3. The van der Waals surface area contributed by atoms with Crippen LogP contribution in [-0.4, -0.2) is 20.8 Å². The monoisotopic (exact) mass is 418 g/mol. The van der Waals surface area contributed by atoms with Crippen LogP contribution in [0.1, 0.15) is 16.7 Å². The normalized spacial score (nSPS) is 13.1. The molecule has 0 saturated heterocycles. The van der Waals surface area contributed by atoms with Gasteiger partial charge in [0.05, 0.1) is 5.69 Å². The van der Waals surface area contributed by atoms with Gasteiger partial charge in [0.15, 0.2) is 0 Å². The van der Waals surface area contributed by atoms with Crippen LogP contribution in [-0.2, 0) is 19.4 Å². The summed E-state index contributed by atoms with van der Waals surface area (Å²) in [6, 6.07) is 25.7. The molecule has 0 fully saturated rings. The van der Waals surface area contributed by atoms with Crippen molar-refractivity contribution in [3.8, 4) is 16.8 Å². The molecule has 1 aliphatic rings. The Hall–Kier alpha value is -3.15. The van der Waals surface area contributed by atoms with Crippen LogP contribution in [0.25, 0.3) is 16.8 Å². The highest BCUT2D eigenvalue weighted by Gasteiger charge is 2.20. The lowest BCUT2D eigenvalue weighted by Gasteiger charge is -2.12. The van der Waals surface area contributed by atoms with E-state index in [2.05, 4.69) is 70.1 Å². The lowest BCUT2D eigenvalue weighted by Crippen LogP contribution is -2.28. The first-order valence-electron chi connectivity index (χ1n) is 9.88. The highest BCUT2D eigenvalue weighted by Crippen LogP contribution is 2.24. The average Bonchev–Trinajstić information content (AvgIpc) is 3.38. The van der Waals surface area contributed by atoms with Gasteiger partial charge in [-0.2, -0.15) is 5.10 Å². The Labute approximate surface area is 181 Å². The maximum absolute atomic E-state index is 11.8. The molecule has 1 aliphatic carbocycles. The zero-order chi connectivity index (χ0) is 19.6. The number of hydrogen-bond donors (Lipinski definition) is 2. The van der Waals surface area contributed by atoms with Gasteiger partial charge < -0.3 is 5.32 Å². The fourth-order valence-corrected chi connectivity index (χ4v) is 4.05. The average molecular weight is 419 g/mol. The highest BCUT2D eigenvalue weighted by atomic mass is 35.5. The van der Waals surface area contributed by atoms with Crippen LogP contribution in [0.15, 0.2) is 83.9 Å². The zero-order valence-corrected chi connectivity index (χ0v) is 17.2. The number of rotatable bonds is 5. The second kappa shape index (κ2) is 8.69. The Kier molecular flexibility index (Phi) is 5.84. The van der Waals surface area contributed by atoms with E-state index in [0.29, 0.717) is 6.04 Å². The predicted molar refractivity (Wildman–Crippen MR) is 121 cm³/mol. The minimum Gasteiger partial charge on any atom is -0.309 e. The van der Waals surface area contributed by atoms with Gasteiger partial charge in [0, 0.05) is 12.6 Å². The van der Waals surface area contributed by atoms with Gasteiger partial charge >= 0.3 is 5.69 Å². The molecule has 5 nitrogen and oxygen atoms in total. The molecule has 0 spiro atoms. The van der Waals surface area contributed by atoms with Gasteiger partial charge in [-0.25, -0.2) is 14.5 Å². The summed E-state index contributed by atoms with van der Waals surface area (Å²) in [6.45, 7) is 0.864. The van der Waals surface area contributed by atoms with E-state index in [1.165, 1.54) is 27.6 Å². The third-order valence-corrected chi connectivity index (χ3v) is 5.61. The summed E-state index contributed by atoms with van der Waals surface area (Å²) < 4.78 is 1.50. The van der Waals surface area contributed by atoms with Gasteiger partial charge in [-0.05, 0) is 52.8 Å². The Balaban J connectivity index is 0.00000218. The van der Waals surface area contributed by atoms with E-state index in [9.17, 15) is 4.79 Å². The Bertz CT molecular complexity index is 1170. The fourth-order valence-electron chi connectivity index (χ4n) is 4.05. The summed E-state index contributed by atoms with van der Waals surface area (Å²) in [4.78, 5) is 11.8. The number of aromatic nitrogens is 3. The number of nitrogens with zero attached hydrogens (tertiary/aromatic N) is 2. The summed E-state index contributed by atoms with van der Waals surface area (Å²) in [5, 5.41) is 9.91. The van der Waals surface area contributed by atoms with E-state index < -0.39 is 0 Å². The molecule has 6 heteroatoms. The van der Waals surface area contributed by atoms with Crippen molar-refractivity contribution in [2.45, 2.75) is 25.4 Å². The van der Waals surface area contributed by atoms with E-state index in [0.717, 1.165) is 36.2 Å². The summed E-state index contributed by atoms with van der Waals surface area (Å²) in [6.07, 6.45) is 3.71. The van der Waals surface area contributed by atoms with Gasteiger partial charge in [-0.3, -0.25) is 0 Å². The number of halogens is 1. The van der Waals surface area contributed by atoms with E-state index in [1.54, 1.807) is 0 Å². The van der Waals surface area contributed by atoms with Gasteiger partial charge in [-0.1, -0.05) is 60.7 Å².